The fourth-order valence-electron chi connectivity index (χ4n) is 2.23. The molecule has 20 heavy (non-hydrogen) atoms. The average molecular weight is 281 g/mol. The van der Waals surface area contributed by atoms with Gasteiger partial charge in [0, 0.05) is 18.8 Å². The lowest BCUT2D eigenvalue weighted by Gasteiger charge is -2.14. The monoisotopic (exact) mass is 281 g/mol. The molecule has 5 heteroatoms. The lowest BCUT2D eigenvalue weighted by molar-refractivity contribution is 0.0938. The molecule has 2 N–H and O–H groups in total. The number of rotatable bonds is 7. The molecule has 5 nitrogen and oxygen atoms in total. The van der Waals surface area contributed by atoms with Crippen LogP contribution in [0.15, 0.2) is 6.20 Å². The van der Waals surface area contributed by atoms with Gasteiger partial charge in [0.15, 0.2) is 0 Å². The second-order valence-electron chi connectivity index (χ2n) is 6.12. The largest absolute Gasteiger partial charge is 0.393 e. The van der Waals surface area contributed by atoms with Gasteiger partial charge in [0.25, 0.3) is 5.91 Å². The molecular weight excluding hydrogens is 254 g/mol. The minimum atomic E-state index is -0.336. The summed E-state index contributed by atoms with van der Waals surface area (Å²) in [7, 11) is 0. The molecular formula is C15H27N3O2. The van der Waals surface area contributed by atoms with Gasteiger partial charge in [0.2, 0.25) is 0 Å². The van der Waals surface area contributed by atoms with E-state index in [0.29, 0.717) is 24.4 Å². The van der Waals surface area contributed by atoms with Crippen LogP contribution in [0.2, 0.25) is 0 Å². The number of aliphatic hydroxyl groups is 1. The second-order valence-corrected chi connectivity index (χ2v) is 6.12. The van der Waals surface area contributed by atoms with Crippen molar-refractivity contribution in [1.82, 2.24) is 15.1 Å². The van der Waals surface area contributed by atoms with E-state index < -0.39 is 0 Å². The number of aromatic nitrogens is 2. The molecule has 1 heterocycles. The van der Waals surface area contributed by atoms with Gasteiger partial charge in [-0.2, -0.15) is 5.10 Å². The van der Waals surface area contributed by atoms with Crippen LogP contribution in [0.1, 0.15) is 50.2 Å². The van der Waals surface area contributed by atoms with Crippen LogP contribution in [0.4, 0.5) is 0 Å². The summed E-state index contributed by atoms with van der Waals surface area (Å²) in [4.78, 5) is 12.1. The maximum atomic E-state index is 12.1. The van der Waals surface area contributed by atoms with Gasteiger partial charge in [-0.05, 0) is 32.1 Å². The van der Waals surface area contributed by atoms with E-state index in [9.17, 15) is 9.90 Å². The molecule has 0 bridgehead atoms. The SMILES string of the molecule is Cc1c(C(=O)NCC(C)CC(C)O)cnn1CC(C)C. The van der Waals surface area contributed by atoms with E-state index in [1.807, 2.05) is 18.5 Å². The van der Waals surface area contributed by atoms with Crippen molar-refractivity contribution in [2.24, 2.45) is 11.8 Å². The summed E-state index contributed by atoms with van der Waals surface area (Å²) in [5, 5.41) is 16.5. The summed E-state index contributed by atoms with van der Waals surface area (Å²) in [5.41, 5.74) is 1.54. The van der Waals surface area contributed by atoms with E-state index in [0.717, 1.165) is 12.2 Å². The molecule has 114 valence electrons. The number of carbonyl (C=O) groups is 1. The molecule has 0 aromatic carbocycles. The standard InChI is InChI=1S/C15H27N3O2/c1-10(2)9-18-13(5)14(8-17-18)15(20)16-7-11(3)6-12(4)19/h8,10-12,19H,6-7,9H2,1-5H3,(H,16,20). The Morgan fingerprint density at radius 2 is 2.05 bits per heavy atom. The minimum Gasteiger partial charge on any atom is -0.393 e. The van der Waals surface area contributed by atoms with Crippen LogP contribution in [-0.4, -0.2) is 33.4 Å². The number of nitrogens with one attached hydrogen (secondary N) is 1. The maximum Gasteiger partial charge on any atom is 0.254 e. The predicted octanol–water partition coefficient (Wildman–Crippen LogP) is 1.98. The zero-order valence-corrected chi connectivity index (χ0v) is 13.2. The van der Waals surface area contributed by atoms with Gasteiger partial charge in [0.05, 0.1) is 17.9 Å². The first-order valence-electron chi connectivity index (χ1n) is 7.29. The van der Waals surface area contributed by atoms with Crippen LogP contribution in [0.25, 0.3) is 0 Å². The van der Waals surface area contributed by atoms with E-state index in [-0.39, 0.29) is 17.9 Å². The quantitative estimate of drug-likeness (QED) is 0.803. The van der Waals surface area contributed by atoms with Crippen LogP contribution in [0.5, 0.6) is 0 Å². The minimum absolute atomic E-state index is 0.0880. The molecule has 0 aliphatic carbocycles. The summed E-state index contributed by atoms with van der Waals surface area (Å²) in [5.74, 6) is 0.662. The Morgan fingerprint density at radius 1 is 1.40 bits per heavy atom. The first-order chi connectivity index (χ1) is 9.31. The van der Waals surface area contributed by atoms with Crippen LogP contribution < -0.4 is 5.32 Å². The summed E-state index contributed by atoms with van der Waals surface area (Å²) in [6.07, 6.45) is 1.98. The molecule has 0 saturated heterocycles. The van der Waals surface area contributed by atoms with Crippen LogP contribution in [0, 0.1) is 18.8 Å². The molecule has 0 aliphatic heterocycles. The molecule has 0 radical (unpaired) electrons. The molecule has 2 unspecified atom stereocenters. The van der Waals surface area contributed by atoms with Gasteiger partial charge < -0.3 is 10.4 Å². The predicted molar refractivity (Wildman–Crippen MR) is 79.6 cm³/mol. The second kappa shape index (κ2) is 7.43. The summed E-state index contributed by atoms with van der Waals surface area (Å²) < 4.78 is 1.87. The van der Waals surface area contributed by atoms with Gasteiger partial charge in [0.1, 0.15) is 0 Å². The number of aliphatic hydroxyl groups excluding tert-OH is 1. The Bertz CT molecular complexity index is 438. The topological polar surface area (TPSA) is 67.2 Å². The molecule has 0 saturated carbocycles. The maximum absolute atomic E-state index is 12.1. The molecule has 0 aliphatic rings. The number of amides is 1. The summed E-state index contributed by atoms with van der Waals surface area (Å²) in [6, 6.07) is 0. The van der Waals surface area contributed by atoms with Gasteiger partial charge in [-0.1, -0.05) is 20.8 Å². The third-order valence-corrected chi connectivity index (χ3v) is 3.24. The van der Waals surface area contributed by atoms with E-state index in [4.69, 9.17) is 0 Å². The van der Waals surface area contributed by atoms with Crippen molar-refractivity contribution in [3.05, 3.63) is 17.5 Å². The van der Waals surface area contributed by atoms with Gasteiger partial charge in [-0.3, -0.25) is 9.48 Å². The molecule has 1 amide bonds. The van der Waals surface area contributed by atoms with E-state index in [1.165, 1.54) is 0 Å². The Kier molecular flexibility index (Phi) is 6.20. The zero-order valence-electron chi connectivity index (χ0n) is 13.2. The molecule has 1 aromatic rings. The fraction of sp³-hybridized carbons (Fsp3) is 0.733. The zero-order chi connectivity index (χ0) is 15.3. The highest BCUT2D eigenvalue weighted by atomic mass is 16.3. The van der Waals surface area contributed by atoms with Crippen molar-refractivity contribution in [3.63, 3.8) is 0 Å². The highest BCUT2D eigenvalue weighted by Gasteiger charge is 2.15. The van der Waals surface area contributed by atoms with Gasteiger partial charge in [-0.15, -0.1) is 0 Å². The molecule has 1 aromatic heterocycles. The van der Waals surface area contributed by atoms with E-state index in [1.54, 1.807) is 13.1 Å². The van der Waals surface area contributed by atoms with Crippen LogP contribution in [-0.2, 0) is 6.54 Å². The number of hydrogen-bond donors (Lipinski definition) is 2. The van der Waals surface area contributed by atoms with Crippen molar-refractivity contribution in [3.8, 4) is 0 Å². The third kappa shape index (κ3) is 4.96. The first-order valence-corrected chi connectivity index (χ1v) is 7.29. The fourth-order valence-corrected chi connectivity index (χ4v) is 2.23. The lowest BCUT2D eigenvalue weighted by atomic mass is 10.0. The van der Waals surface area contributed by atoms with Crippen molar-refractivity contribution in [2.45, 2.75) is 53.7 Å². The average Bonchev–Trinajstić information content (AvgIpc) is 2.66. The van der Waals surface area contributed by atoms with E-state index in [2.05, 4.69) is 24.3 Å². The van der Waals surface area contributed by atoms with Crippen molar-refractivity contribution < 1.29 is 9.90 Å². The van der Waals surface area contributed by atoms with Crippen molar-refractivity contribution in [2.75, 3.05) is 6.54 Å². The smallest absolute Gasteiger partial charge is 0.254 e. The number of carbonyl (C=O) groups excluding carboxylic acids is 1. The Morgan fingerprint density at radius 3 is 2.60 bits per heavy atom. The van der Waals surface area contributed by atoms with Crippen molar-refractivity contribution >= 4 is 5.91 Å². The first kappa shape index (κ1) is 16.7. The summed E-state index contributed by atoms with van der Waals surface area (Å²) >= 11 is 0. The Labute approximate surface area is 121 Å². The van der Waals surface area contributed by atoms with Gasteiger partial charge >= 0.3 is 0 Å². The van der Waals surface area contributed by atoms with E-state index >= 15 is 0 Å². The number of hydrogen-bond acceptors (Lipinski definition) is 3. The highest BCUT2D eigenvalue weighted by Crippen LogP contribution is 2.10. The van der Waals surface area contributed by atoms with Crippen molar-refractivity contribution in [1.29, 1.82) is 0 Å². The Balaban J connectivity index is 2.58. The molecule has 0 fully saturated rings. The Hall–Kier alpha value is -1.36. The van der Waals surface area contributed by atoms with Crippen LogP contribution >= 0.6 is 0 Å². The highest BCUT2D eigenvalue weighted by molar-refractivity contribution is 5.95. The molecule has 1 rings (SSSR count). The molecule has 2 atom stereocenters. The third-order valence-electron chi connectivity index (χ3n) is 3.24. The molecule has 0 spiro atoms. The van der Waals surface area contributed by atoms with Gasteiger partial charge in [-0.25, -0.2) is 0 Å². The van der Waals surface area contributed by atoms with Crippen LogP contribution in [0.3, 0.4) is 0 Å². The lowest BCUT2D eigenvalue weighted by Crippen LogP contribution is -2.29. The number of nitrogens with zero attached hydrogens (tertiary/aromatic N) is 2. The normalized spacial score (nSPS) is 14.3. The summed E-state index contributed by atoms with van der Waals surface area (Å²) in [6.45, 7) is 11.3.